The molecule has 1 aliphatic heterocycles. The maximum atomic E-state index is 3.98. The number of nitrogens with one attached hydrogen (secondary N) is 1. The van der Waals surface area contributed by atoms with E-state index in [0.717, 1.165) is 11.4 Å². The fourth-order valence-electron chi connectivity index (χ4n) is 10.5. The number of benzene rings is 8. The molecule has 2 aliphatic rings. The van der Waals surface area contributed by atoms with Gasteiger partial charge >= 0.3 is 0 Å². The van der Waals surface area contributed by atoms with Gasteiger partial charge in [0.05, 0.1) is 5.52 Å². The molecule has 3 aromatic heterocycles. The lowest BCUT2D eigenvalue weighted by Crippen LogP contribution is -2.37. The fourth-order valence-corrected chi connectivity index (χ4v) is 12.8. The van der Waals surface area contributed by atoms with E-state index in [1.807, 2.05) is 22.7 Å². The summed E-state index contributed by atoms with van der Waals surface area (Å²) in [6, 6.07) is 55.4. The van der Waals surface area contributed by atoms with Crippen LogP contribution in [0, 0.1) is 0 Å². The van der Waals surface area contributed by atoms with Crippen molar-refractivity contribution in [1.82, 2.24) is 4.57 Å². The molecule has 0 atom stereocenters. The first-order valence-corrected chi connectivity index (χ1v) is 22.6. The number of hydrogen-bond donors (Lipinski definition) is 1. The number of aromatic nitrogens is 1. The molecule has 0 unspecified atom stereocenters. The van der Waals surface area contributed by atoms with E-state index in [1.54, 1.807) is 0 Å². The zero-order valence-corrected chi connectivity index (χ0v) is 35.8. The van der Waals surface area contributed by atoms with Gasteiger partial charge in [-0.1, -0.05) is 125 Å². The van der Waals surface area contributed by atoms with Crippen LogP contribution in [0.4, 0.5) is 11.4 Å². The molecule has 8 aromatic carbocycles. The van der Waals surface area contributed by atoms with E-state index in [9.17, 15) is 0 Å². The van der Waals surface area contributed by atoms with E-state index in [0.29, 0.717) is 0 Å². The van der Waals surface area contributed by atoms with Crippen LogP contribution in [0.3, 0.4) is 0 Å². The van der Waals surface area contributed by atoms with Crippen LogP contribution in [0.15, 0.2) is 146 Å². The quantitative estimate of drug-likeness (QED) is 0.176. The van der Waals surface area contributed by atoms with Gasteiger partial charge < -0.3 is 9.88 Å². The van der Waals surface area contributed by atoms with Gasteiger partial charge in [-0.05, 0) is 105 Å². The Kier molecular flexibility index (Phi) is 6.94. The Balaban J connectivity index is 1.11. The molecule has 13 rings (SSSR count). The summed E-state index contributed by atoms with van der Waals surface area (Å²) in [5.41, 5.74) is 17.7. The third-order valence-corrected chi connectivity index (χ3v) is 15.8. The maximum absolute atomic E-state index is 3.98. The standard InChI is InChI=1S/C55H40BN2S2/c1-54(2,3)30-18-20-31(21-19-30)57-45-27-43-37(32-12-6-9-15-42(32)55(43,4)5)24-38(45)35-22-23-36-39-25-40-33-13-7-10-16-48(33)60-51(40)29-46(39)58-47-26-41-34-14-8-11-17-49(34)59-50(41)28-44(47)56-52(35)53(36)58/h6-29,57H,1-5H3. The molecule has 0 spiro atoms. The van der Waals surface area contributed by atoms with Crippen LogP contribution < -0.4 is 16.2 Å². The lowest BCUT2D eigenvalue weighted by Gasteiger charge is -2.26. The third kappa shape index (κ3) is 4.76. The number of anilines is 2. The molecule has 0 amide bonds. The van der Waals surface area contributed by atoms with E-state index < -0.39 is 0 Å². The van der Waals surface area contributed by atoms with Crippen LogP contribution >= 0.6 is 22.7 Å². The van der Waals surface area contributed by atoms with Crippen molar-refractivity contribution in [1.29, 1.82) is 0 Å². The topological polar surface area (TPSA) is 17.0 Å². The first-order chi connectivity index (χ1) is 29.1. The lowest BCUT2D eigenvalue weighted by molar-refractivity contribution is 0.590. The summed E-state index contributed by atoms with van der Waals surface area (Å²) >= 11 is 3.79. The van der Waals surface area contributed by atoms with Gasteiger partial charge in [-0.3, -0.25) is 0 Å². The van der Waals surface area contributed by atoms with Crippen molar-refractivity contribution in [3.8, 4) is 27.9 Å². The number of nitrogens with zero attached hydrogens (tertiary/aromatic N) is 1. The summed E-state index contributed by atoms with van der Waals surface area (Å²) in [6.45, 7) is 11.6. The van der Waals surface area contributed by atoms with Gasteiger partial charge in [-0.2, -0.15) is 0 Å². The summed E-state index contributed by atoms with van der Waals surface area (Å²) < 4.78 is 7.91. The van der Waals surface area contributed by atoms with Gasteiger partial charge in [0.2, 0.25) is 0 Å². The minimum atomic E-state index is -0.126. The van der Waals surface area contributed by atoms with Crippen molar-refractivity contribution < 1.29 is 0 Å². The average molecular weight is 804 g/mol. The van der Waals surface area contributed by atoms with Gasteiger partial charge in [-0.15, -0.1) is 22.7 Å². The predicted molar refractivity (Wildman–Crippen MR) is 263 cm³/mol. The molecule has 0 bridgehead atoms. The molecule has 11 aromatic rings. The molecule has 1 N–H and O–H groups in total. The normalized spacial score (nSPS) is 14.0. The van der Waals surface area contributed by atoms with Gasteiger partial charge in [0.1, 0.15) is 0 Å². The highest BCUT2D eigenvalue weighted by Gasteiger charge is 2.37. The smallest absolute Gasteiger partial charge is 0.197 e. The lowest BCUT2D eigenvalue weighted by atomic mass is 9.59. The first-order valence-electron chi connectivity index (χ1n) is 21.0. The Morgan fingerprint density at radius 2 is 1.22 bits per heavy atom. The van der Waals surface area contributed by atoms with E-state index >= 15 is 0 Å². The second kappa shape index (κ2) is 12.0. The molecule has 2 nitrogen and oxygen atoms in total. The zero-order chi connectivity index (χ0) is 40.2. The van der Waals surface area contributed by atoms with Crippen molar-refractivity contribution in [2.45, 2.75) is 45.4 Å². The Morgan fingerprint density at radius 1 is 0.533 bits per heavy atom. The predicted octanol–water partition coefficient (Wildman–Crippen LogP) is 14.5. The van der Waals surface area contributed by atoms with Crippen molar-refractivity contribution in [3.05, 3.63) is 162 Å². The highest BCUT2D eigenvalue weighted by atomic mass is 32.1. The number of hydrogen-bond acceptors (Lipinski definition) is 3. The average Bonchev–Trinajstić information content (AvgIpc) is 3.96. The molecular weight excluding hydrogens is 764 g/mol. The maximum Gasteiger partial charge on any atom is 0.197 e. The largest absolute Gasteiger partial charge is 0.355 e. The number of thiophene rings is 2. The molecule has 1 aliphatic carbocycles. The molecular formula is C55H40BN2S2. The molecule has 0 saturated carbocycles. The number of fused-ring (bicyclic) bond motifs is 14. The highest BCUT2D eigenvalue weighted by Crippen LogP contribution is 2.52. The molecule has 60 heavy (non-hydrogen) atoms. The van der Waals surface area contributed by atoms with E-state index in [4.69, 9.17) is 0 Å². The SMILES string of the molecule is CC(C)(C)c1ccc(Nc2cc3c(cc2-c2ccc4c5cc6c(cc5n5c4c2[B]c2cc4sc7ccccc7c4cc2-5)sc2ccccc26)-c2ccccc2C3(C)C)cc1. The minimum absolute atomic E-state index is 0.0827. The molecule has 4 heterocycles. The Bertz CT molecular complexity index is 3670. The van der Waals surface area contributed by atoms with Crippen LogP contribution in [0.1, 0.15) is 51.3 Å². The van der Waals surface area contributed by atoms with Gasteiger partial charge in [-0.25, -0.2) is 0 Å². The molecule has 0 saturated heterocycles. The van der Waals surface area contributed by atoms with Gasteiger partial charge in [0.15, 0.2) is 7.28 Å². The fraction of sp³-hybridized carbons (Fsp3) is 0.127. The molecule has 285 valence electrons. The first kappa shape index (κ1) is 34.7. The van der Waals surface area contributed by atoms with Crippen LogP contribution in [-0.4, -0.2) is 11.8 Å². The van der Waals surface area contributed by atoms with Crippen LogP contribution in [0.5, 0.6) is 0 Å². The molecule has 1 radical (unpaired) electrons. The summed E-state index contributed by atoms with van der Waals surface area (Å²) in [4.78, 5) is 0. The molecule has 5 heteroatoms. The zero-order valence-electron chi connectivity index (χ0n) is 34.2. The van der Waals surface area contributed by atoms with Crippen molar-refractivity contribution in [3.63, 3.8) is 0 Å². The number of rotatable bonds is 3. The summed E-state index contributed by atoms with van der Waals surface area (Å²) in [6.07, 6.45) is 0. The van der Waals surface area contributed by atoms with Crippen LogP contribution in [-0.2, 0) is 10.8 Å². The Hall–Kier alpha value is -6.14. The second-order valence-corrected chi connectivity index (χ2v) is 20.6. The Labute approximate surface area is 358 Å². The summed E-state index contributed by atoms with van der Waals surface area (Å²) in [7, 11) is 2.49. The van der Waals surface area contributed by atoms with E-state index in [1.165, 1.54) is 118 Å². The van der Waals surface area contributed by atoms with Crippen LogP contribution in [0.2, 0.25) is 0 Å². The van der Waals surface area contributed by atoms with Gasteiger partial charge in [0, 0.05) is 84.7 Å². The van der Waals surface area contributed by atoms with E-state index in [2.05, 4.69) is 197 Å². The van der Waals surface area contributed by atoms with Crippen molar-refractivity contribution in [2.75, 3.05) is 5.32 Å². The Morgan fingerprint density at radius 3 is 1.97 bits per heavy atom. The minimum Gasteiger partial charge on any atom is -0.355 e. The van der Waals surface area contributed by atoms with Crippen LogP contribution in [0.25, 0.3) is 90.1 Å². The van der Waals surface area contributed by atoms with Gasteiger partial charge in [0.25, 0.3) is 0 Å². The van der Waals surface area contributed by atoms with E-state index in [-0.39, 0.29) is 10.8 Å². The van der Waals surface area contributed by atoms with Crippen molar-refractivity contribution >= 4 is 114 Å². The summed E-state index contributed by atoms with van der Waals surface area (Å²) in [5, 5.41) is 11.9. The highest BCUT2D eigenvalue weighted by molar-refractivity contribution is 7.26. The monoisotopic (exact) mass is 803 g/mol. The molecule has 0 fully saturated rings. The van der Waals surface area contributed by atoms with Crippen molar-refractivity contribution in [2.24, 2.45) is 0 Å². The second-order valence-electron chi connectivity index (χ2n) is 18.4. The third-order valence-electron chi connectivity index (χ3n) is 13.6. The summed E-state index contributed by atoms with van der Waals surface area (Å²) in [5.74, 6) is 0.